The molecule has 1 unspecified atom stereocenters. The van der Waals surface area contributed by atoms with Gasteiger partial charge in [-0.15, -0.1) is 11.6 Å². The molecule has 1 aromatic rings. The first-order valence-corrected chi connectivity index (χ1v) is 12.2. The zero-order valence-corrected chi connectivity index (χ0v) is 18.6. The summed E-state index contributed by atoms with van der Waals surface area (Å²) in [6.07, 6.45) is 10.5. The second-order valence-electron chi connectivity index (χ2n) is 9.36. The summed E-state index contributed by atoms with van der Waals surface area (Å²) in [5.41, 5.74) is 2.09. The van der Waals surface area contributed by atoms with Crippen molar-refractivity contribution in [2.24, 2.45) is 11.8 Å². The molecule has 2 saturated carbocycles. The van der Waals surface area contributed by atoms with Crippen LogP contribution in [0.4, 0.5) is 0 Å². The predicted molar refractivity (Wildman–Crippen MR) is 120 cm³/mol. The van der Waals surface area contributed by atoms with Gasteiger partial charge in [-0.2, -0.15) is 0 Å². The molecule has 0 saturated heterocycles. The number of aliphatic hydroxyl groups is 2. The normalized spacial score (nSPS) is 28.5. The highest BCUT2D eigenvalue weighted by Crippen LogP contribution is 2.45. The number of halogens is 1. The molecule has 3 rings (SSSR count). The Kier molecular flexibility index (Phi) is 9.03. The summed E-state index contributed by atoms with van der Waals surface area (Å²) >= 11 is 6.60. The van der Waals surface area contributed by atoms with Crippen molar-refractivity contribution in [1.82, 2.24) is 0 Å². The maximum atomic E-state index is 10.8. The Bertz CT molecular complexity index is 656. The lowest BCUT2D eigenvalue weighted by Gasteiger charge is -2.28. The van der Waals surface area contributed by atoms with E-state index in [-0.39, 0.29) is 23.6 Å². The summed E-state index contributed by atoms with van der Waals surface area (Å²) in [7, 11) is 0. The number of hydrogen-bond donors (Lipinski definition) is 3. The topological polar surface area (TPSA) is 77.8 Å². The van der Waals surface area contributed by atoms with Crippen LogP contribution in [0.15, 0.2) is 24.3 Å². The van der Waals surface area contributed by atoms with E-state index in [4.69, 9.17) is 16.7 Å². The highest BCUT2D eigenvalue weighted by Gasteiger charge is 2.41. The fourth-order valence-electron chi connectivity index (χ4n) is 5.54. The smallest absolute Gasteiger partial charge is 0.303 e. The Labute approximate surface area is 185 Å². The minimum absolute atomic E-state index is 0.0310. The van der Waals surface area contributed by atoms with Gasteiger partial charge in [0.1, 0.15) is 0 Å². The SMILES string of the molecule is O=C(O)CCCCCC[C@@H]1[C@@H](c2ccc(C(O)C3CCCCC3)cc2)[C@H](O)C[C@H]1Cl. The largest absolute Gasteiger partial charge is 0.481 e. The Morgan fingerprint density at radius 2 is 1.70 bits per heavy atom. The van der Waals surface area contributed by atoms with Crippen LogP contribution in [0.5, 0.6) is 0 Å². The molecule has 30 heavy (non-hydrogen) atoms. The summed E-state index contributed by atoms with van der Waals surface area (Å²) < 4.78 is 0. The summed E-state index contributed by atoms with van der Waals surface area (Å²) in [4.78, 5) is 10.6. The van der Waals surface area contributed by atoms with Crippen LogP contribution >= 0.6 is 11.6 Å². The van der Waals surface area contributed by atoms with Gasteiger partial charge in [0, 0.05) is 17.7 Å². The second kappa shape index (κ2) is 11.5. The fourth-order valence-corrected chi connectivity index (χ4v) is 6.00. The first-order chi connectivity index (χ1) is 14.5. The van der Waals surface area contributed by atoms with Crippen LogP contribution in [-0.2, 0) is 4.79 Å². The minimum atomic E-state index is -0.730. The van der Waals surface area contributed by atoms with Crippen LogP contribution < -0.4 is 0 Å². The van der Waals surface area contributed by atoms with Crippen molar-refractivity contribution in [3.05, 3.63) is 35.4 Å². The fraction of sp³-hybridized carbons (Fsp3) is 0.720. The van der Waals surface area contributed by atoms with Gasteiger partial charge >= 0.3 is 5.97 Å². The average molecular weight is 437 g/mol. The van der Waals surface area contributed by atoms with Gasteiger partial charge in [0.15, 0.2) is 0 Å². The molecule has 168 valence electrons. The third-order valence-corrected chi connectivity index (χ3v) is 7.75. The highest BCUT2D eigenvalue weighted by atomic mass is 35.5. The maximum Gasteiger partial charge on any atom is 0.303 e. The van der Waals surface area contributed by atoms with Gasteiger partial charge in [0.25, 0.3) is 0 Å². The lowest BCUT2D eigenvalue weighted by atomic mass is 9.81. The van der Waals surface area contributed by atoms with Gasteiger partial charge in [-0.05, 0) is 55.1 Å². The first-order valence-electron chi connectivity index (χ1n) is 11.8. The van der Waals surface area contributed by atoms with Crippen molar-refractivity contribution in [2.75, 3.05) is 0 Å². The van der Waals surface area contributed by atoms with E-state index in [9.17, 15) is 15.0 Å². The molecule has 1 aromatic carbocycles. The molecule has 0 heterocycles. The summed E-state index contributed by atoms with van der Waals surface area (Å²) in [6.45, 7) is 0. The molecule has 5 heteroatoms. The van der Waals surface area contributed by atoms with Crippen LogP contribution in [0, 0.1) is 11.8 Å². The Hall–Kier alpha value is -1.10. The van der Waals surface area contributed by atoms with Crippen molar-refractivity contribution < 1.29 is 20.1 Å². The number of hydrogen-bond acceptors (Lipinski definition) is 3. The summed E-state index contributed by atoms with van der Waals surface area (Å²) in [5, 5.41) is 30.1. The van der Waals surface area contributed by atoms with Gasteiger partial charge < -0.3 is 15.3 Å². The number of alkyl halides is 1. The van der Waals surface area contributed by atoms with Gasteiger partial charge in [-0.1, -0.05) is 62.8 Å². The number of carboxylic acid groups (broad SMARTS) is 1. The van der Waals surface area contributed by atoms with E-state index in [2.05, 4.69) is 12.1 Å². The molecular weight excluding hydrogens is 400 g/mol. The number of unbranched alkanes of at least 4 members (excludes halogenated alkanes) is 3. The maximum absolute atomic E-state index is 10.8. The number of rotatable bonds is 10. The summed E-state index contributed by atoms with van der Waals surface area (Å²) in [6, 6.07) is 8.21. The van der Waals surface area contributed by atoms with Crippen molar-refractivity contribution in [3.63, 3.8) is 0 Å². The Balaban J connectivity index is 1.57. The number of aliphatic hydroxyl groups excluding tert-OH is 2. The van der Waals surface area contributed by atoms with E-state index in [0.29, 0.717) is 12.3 Å². The summed E-state index contributed by atoms with van der Waals surface area (Å²) in [5.74, 6) is -0.0997. The van der Waals surface area contributed by atoms with E-state index in [0.717, 1.165) is 56.1 Å². The first kappa shape index (κ1) is 23.6. The van der Waals surface area contributed by atoms with Gasteiger partial charge in [0.05, 0.1) is 12.2 Å². The third kappa shape index (κ3) is 6.21. The molecule has 2 aliphatic carbocycles. The minimum Gasteiger partial charge on any atom is -0.481 e. The van der Waals surface area contributed by atoms with Crippen molar-refractivity contribution in [2.45, 2.75) is 101 Å². The van der Waals surface area contributed by atoms with Gasteiger partial charge in [0.2, 0.25) is 0 Å². The van der Waals surface area contributed by atoms with Gasteiger partial charge in [-0.3, -0.25) is 4.79 Å². The van der Waals surface area contributed by atoms with E-state index >= 15 is 0 Å². The Morgan fingerprint density at radius 3 is 2.37 bits per heavy atom. The second-order valence-corrected chi connectivity index (χ2v) is 9.93. The Morgan fingerprint density at radius 1 is 1.03 bits per heavy atom. The number of carboxylic acids is 1. The molecule has 2 aliphatic rings. The van der Waals surface area contributed by atoms with Gasteiger partial charge in [-0.25, -0.2) is 0 Å². The van der Waals surface area contributed by atoms with Crippen molar-refractivity contribution >= 4 is 17.6 Å². The molecule has 0 bridgehead atoms. The average Bonchev–Trinajstić information content (AvgIpc) is 3.03. The van der Waals surface area contributed by atoms with Crippen molar-refractivity contribution in [3.8, 4) is 0 Å². The highest BCUT2D eigenvalue weighted by molar-refractivity contribution is 6.21. The molecule has 0 spiro atoms. The molecule has 3 N–H and O–H groups in total. The van der Waals surface area contributed by atoms with E-state index < -0.39 is 18.2 Å². The standard InChI is InChI=1S/C25H37ClO4/c26-21-16-22(27)24(20(21)10-6-1-2-7-11-23(28)29)17-12-14-19(15-13-17)25(30)18-8-4-3-5-9-18/h12-15,18,20-22,24-25,27,30H,1-11,16H2,(H,28,29)/t20-,21+,22+,24+,25?/m0/s1. The lowest BCUT2D eigenvalue weighted by Crippen LogP contribution is -2.19. The monoisotopic (exact) mass is 436 g/mol. The van der Waals surface area contributed by atoms with E-state index in [1.165, 1.54) is 19.3 Å². The lowest BCUT2D eigenvalue weighted by molar-refractivity contribution is -0.137. The number of aliphatic carboxylic acids is 1. The van der Waals surface area contributed by atoms with Crippen LogP contribution in [0.1, 0.15) is 100 Å². The van der Waals surface area contributed by atoms with E-state index in [1.54, 1.807) is 0 Å². The number of benzene rings is 1. The molecule has 4 nitrogen and oxygen atoms in total. The molecule has 5 atom stereocenters. The molecular formula is C25H37ClO4. The van der Waals surface area contributed by atoms with Crippen molar-refractivity contribution in [1.29, 1.82) is 0 Å². The molecule has 0 radical (unpaired) electrons. The predicted octanol–water partition coefficient (Wildman–Crippen LogP) is 5.80. The molecule has 0 aromatic heterocycles. The quantitative estimate of drug-likeness (QED) is 0.320. The van der Waals surface area contributed by atoms with Crippen LogP contribution in [0.3, 0.4) is 0 Å². The third-order valence-electron chi connectivity index (χ3n) is 7.24. The molecule has 0 aliphatic heterocycles. The van der Waals surface area contributed by atoms with Crippen LogP contribution in [0.25, 0.3) is 0 Å². The van der Waals surface area contributed by atoms with Crippen LogP contribution in [-0.4, -0.2) is 32.8 Å². The van der Waals surface area contributed by atoms with E-state index in [1.807, 2.05) is 12.1 Å². The van der Waals surface area contributed by atoms with Crippen LogP contribution in [0.2, 0.25) is 0 Å². The zero-order chi connectivity index (χ0) is 21.5. The zero-order valence-electron chi connectivity index (χ0n) is 17.9. The number of carbonyl (C=O) groups is 1. The molecule has 2 fully saturated rings. The molecule has 0 amide bonds.